The smallest absolute Gasteiger partial charge is 0.191 e. The number of aryl methyl sites for hydroxylation is 1. The molecule has 2 heterocycles. The van der Waals surface area contributed by atoms with Gasteiger partial charge in [0.05, 0.1) is 13.1 Å². The van der Waals surface area contributed by atoms with Gasteiger partial charge in [0.2, 0.25) is 0 Å². The zero-order valence-corrected chi connectivity index (χ0v) is 20.2. The van der Waals surface area contributed by atoms with E-state index in [2.05, 4.69) is 65.6 Å². The van der Waals surface area contributed by atoms with Crippen molar-refractivity contribution in [3.8, 4) is 0 Å². The highest BCUT2D eigenvalue weighted by Gasteiger charge is 2.15. The molecule has 0 spiro atoms. The number of benzene rings is 1. The van der Waals surface area contributed by atoms with E-state index in [0.29, 0.717) is 13.1 Å². The third-order valence-corrected chi connectivity index (χ3v) is 5.84. The quantitative estimate of drug-likeness (QED) is 0.338. The predicted molar refractivity (Wildman–Crippen MR) is 131 cm³/mol. The Bertz CT molecular complexity index is 736. The van der Waals surface area contributed by atoms with Gasteiger partial charge in [-0.1, -0.05) is 19.1 Å². The maximum absolute atomic E-state index is 4.72. The first-order valence-electron chi connectivity index (χ1n) is 9.91. The third kappa shape index (κ3) is 6.92. The van der Waals surface area contributed by atoms with Gasteiger partial charge in [-0.2, -0.15) is 0 Å². The van der Waals surface area contributed by atoms with Gasteiger partial charge in [0.1, 0.15) is 5.01 Å². The second-order valence-electron chi connectivity index (χ2n) is 7.25. The van der Waals surface area contributed by atoms with Crippen LogP contribution in [0.15, 0.2) is 35.5 Å². The SMILES string of the molecule is CCNC(=NCc1ccc(N2CCC(C)CC2)cc1)NCc1ncc(C)s1.I. The summed E-state index contributed by atoms with van der Waals surface area (Å²) < 4.78 is 0. The van der Waals surface area contributed by atoms with Crippen LogP contribution in [0.3, 0.4) is 0 Å². The summed E-state index contributed by atoms with van der Waals surface area (Å²) in [6, 6.07) is 8.87. The van der Waals surface area contributed by atoms with Crippen molar-refractivity contribution in [1.82, 2.24) is 15.6 Å². The molecular formula is C21H32IN5S. The minimum absolute atomic E-state index is 0. The maximum atomic E-state index is 4.72. The van der Waals surface area contributed by atoms with E-state index in [1.54, 1.807) is 11.3 Å². The van der Waals surface area contributed by atoms with E-state index in [9.17, 15) is 0 Å². The van der Waals surface area contributed by atoms with Crippen molar-refractivity contribution < 1.29 is 0 Å². The number of aliphatic imine (C=N–C) groups is 1. The fourth-order valence-corrected chi connectivity index (χ4v) is 3.96. The summed E-state index contributed by atoms with van der Waals surface area (Å²) in [5.41, 5.74) is 2.56. The van der Waals surface area contributed by atoms with Crippen LogP contribution in [0.4, 0.5) is 5.69 Å². The van der Waals surface area contributed by atoms with E-state index < -0.39 is 0 Å². The molecule has 0 bridgehead atoms. The highest BCUT2D eigenvalue weighted by molar-refractivity contribution is 14.0. The molecule has 0 saturated carbocycles. The van der Waals surface area contributed by atoms with Gasteiger partial charge in [-0.25, -0.2) is 9.98 Å². The standard InChI is InChI=1S/C21H31N5S.HI/c1-4-22-21(25-15-20-23-13-17(3)27-20)24-14-18-5-7-19(8-6-18)26-11-9-16(2)10-12-26;/h5-8,13,16H,4,9-12,14-15H2,1-3H3,(H2,22,24,25);1H. The lowest BCUT2D eigenvalue weighted by atomic mass is 9.99. The Morgan fingerprint density at radius 3 is 2.54 bits per heavy atom. The van der Waals surface area contributed by atoms with Crippen LogP contribution in [0.1, 0.15) is 42.1 Å². The van der Waals surface area contributed by atoms with Crippen LogP contribution in [0.25, 0.3) is 0 Å². The second kappa shape index (κ2) is 11.6. The number of anilines is 1. The maximum Gasteiger partial charge on any atom is 0.191 e. The molecule has 0 atom stereocenters. The van der Waals surface area contributed by atoms with Gasteiger partial charge in [0, 0.05) is 36.4 Å². The van der Waals surface area contributed by atoms with Crippen LogP contribution in [-0.2, 0) is 13.1 Å². The number of hydrogen-bond donors (Lipinski definition) is 2. The average molecular weight is 513 g/mol. The zero-order chi connectivity index (χ0) is 19.1. The van der Waals surface area contributed by atoms with Crippen molar-refractivity contribution in [2.75, 3.05) is 24.5 Å². The summed E-state index contributed by atoms with van der Waals surface area (Å²) in [6.45, 7) is 11.1. The van der Waals surface area contributed by atoms with Gasteiger partial charge in [-0.3, -0.25) is 0 Å². The first kappa shape index (κ1) is 22.9. The third-order valence-electron chi connectivity index (χ3n) is 4.93. The topological polar surface area (TPSA) is 52.6 Å². The molecule has 1 aromatic carbocycles. The number of aromatic nitrogens is 1. The van der Waals surface area contributed by atoms with Crippen molar-refractivity contribution in [2.24, 2.45) is 10.9 Å². The van der Waals surface area contributed by atoms with Crippen molar-refractivity contribution in [2.45, 2.75) is 46.7 Å². The van der Waals surface area contributed by atoms with E-state index >= 15 is 0 Å². The molecule has 1 aliphatic heterocycles. The molecule has 1 aromatic heterocycles. The highest BCUT2D eigenvalue weighted by atomic mass is 127. The molecule has 0 radical (unpaired) electrons. The number of nitrogens with zero attached hydrogens (tertiary/aromatic N) is 3. The van der Waals surface area contributed by atoms with E-state index in [0.717, 1.165) is 23.4 Å². The molecule has 2 aromatic rings. The Balaban J connectivity index is 0.00000280. The van der Waals surface area contributed by atoms with Gasteiger partial charge in [-0.05, 0) is 50.3 Å². The van der Waals surface area contributed by atoms with Gasteiger partial charge in [0.25, 0.3) is 0 Å². The minimum Gasteiger partial charge on any atom is -0.372 e. The second-order valence-corrected chi connectivity index (χ2v) is 8.57. The number of rotatable bonds is 6. The Kier molecular flexibility index (Phi) is 9.50. The highest BCUT2D eigenvalue weighted by Crippen LogP contribution is 2.23. The summed E-state index contributed by atoms with van der Waals surface area (Å²) in [7, 11) is 0. The largest absolute Gasteiger partial charge is 0.372 e. The van der Waals surface area contributed by atoms with Gasteiger partial charge < -0.3 is 15.5 Å². The van der Waals surface area contributed by atoms with Gasteiger partial charge in [0.15, 0.2) is 5.96 Å². The fourth-order valence-electron chi connectivity index (χ4n) is 3.23. The number of halogens is 1. The predicted octanol–water partition coefficient (Wildman–Crippen LogP) is 4.56. The molecular weight excluding hydrogens is 481 g/mol. The molecule has 2 N–H and O–H groups in total. The minimum atomic E-state index is 0. The first-order valence-corrected chi connectivity index (χ1v) is 10.7. The molecule has 3 rings (SSSR count). The van der Waals surface area contributed by atoms with Crippen LogP contribution >= 0.6 is 35.3 Å². The van der Waals surface area contributed by atoms with Crippen molar-refractivity contribution in [1.29, 1.82) is 0 Å². The Morgan fingerprint density at radius 2 is 1.93 bits per heavy atom. The van der Waals surface area contributed by atoms with Crippen molar-refractivity contribution in [3.05, 3.63) is 45.9 Å². The van der Waals surface area contributed by atoms with Gasteiger partial charge in [-0.15, -0.1) is 35.3 Å². The summed E-state index contributed by atoms with van der Waals surface area (Å²) in [5.74, 6) is 1.69. The molecule has 1 saturated heterocycles. The Hall–Kier alpha value is -1.35. The number of thiazole rings is 1. The number of nitrogens with one attached hydrogen (secondary N) is 2. The number of hydrogen-bond acceptors (Lipinski definition) is 4. The summed E-state index contributed by atoms with van der Waals surface area (Å²) >= 11 is 1.72. The van der Waals surface area contributed by atoms with Gasteiger partial charge >= 0.3 is 0 Å². The molecule has 0 aliphatic carbocycles. The normalized spacial score (nSPS) is 15.2. The Labute approximate surface area is 190 Å². The number of piperidine rings is 1. The van der Waals surface area contributed by atoms with E-state index in [4.69, 9.17) is 4.99 Å². The summed E-state index contributed by atoms with van der Waals surface area (Å²) in [5, 5.41) is 7.75. The lowest BCUT2D eigenvalue weighted by molar-refractivity contribution is 0.438. The lowest BCUT2D eigenvalue weighted by Crippen LogP contribution is -2.36. The number of guanidine groups is 1. The Morgan fingerprint density at radius 1 is 1.21 bits per heavy atom. The van der Waals surface area contributed by atoms with E-state index in [1.165, 1.54) is 42.1 Å². The molecule has 1 aliphatic rings. The summed E-state index contributed by atoms with van der Waals surface area (Å²) in [4.78, 5) is 12.8. The van der Waals surface area contributed by atoms with Crippen LogP contribution < -0.4 is 15.5 Å². The van der Waals surface area contributed by atoms with Crippen LogP contribution in [0, 0.1) is 12.8 Å². The molecule has 7 heteroatoms. The van der Waals surface area contributed by atoms with Crippen molar-refractivity contribution >= 4 is 47.0 Å². The van der Waals surface area contributed by atoms with Crippen LogP contribution in [0.2, 0.25) is 0 Å². The molecule has 0 amide bonds. The fraction of sp³-hybridized carbons (Fsp3) is 0.524. The molecule has 0 unspecified atom stereocenters. The van der Waals surface area contributed by atoms with Crippen molar-refractivity contribution in [3.63, 3.8) is 0 Å². The molecule has 1 fully saturated rings. The molecule has 5 nitrogen and oxygen atoms in total. The summed E-state index contributed by atoms with van der Waals surface area (Å²) in [6.07, 6.45) is 4.50. The van der Waals surface area contributed by atoms with Crippen LogP contribution in [0.5, 0.6) is 0 Å². The molecule has 154 valence electrons. The molecule has 28 heavy (non-hydrogen) atoms. The monoisotopic (exact) mass is 513 g/mol. The van der Waals surface area contributed by atoms with E-state index in [-0.39, 0.29) is 24.0 Å². The van der Waals surface area contributed by atoms with Crippen LogP contribution in [-0.4, -0.2) is 30.6 Å². The first-order chi connectivity index (χ1) is 13.1. The van der Waals surface area contributed by atoms with E-state index in [1.807, 2.05) is 6.20 Å². The average Bonchev–Trinajstić information content (AvgIpc) is 3.10. The zero-order valence-electron chi connectivity index (χ0n) is 17.1. The lowest BCUT2D eigenvalue weighted by Gasteiger charge is -2.32.